The second-order valence-electron chi connectivity index (χ2n) is 7.35. The highest BCUT2D eigenvalue weighted by Crippen LogP contribution is 2.23. The van der Waals surface area contributed by atoms with Gasteiger partial charge in [-0.3, -0.25) is 14.5 Å². The van der Waals surface area contributed by atoms with Gasteiger partial charge in [-0.05, 0) is 76.4 Å². The minimum absolute atomic E-state index is 0.0569. The molecule has 25 heavy (non-hydrogen) atoms. The third kappa shape index (κ3) is 4.62. The molecule has 0 saturated carbocycles. The van der Waals surface area contributed by atoms with Gasteiger partial charge >= 0.3 is 0 Å². The lowest BCUT2D eigenvalue weighted by Gasteiger charge is -2.36. The summed E-state index contributed by atoms with van der Waals surface area (Å²) in [4.78, 5) is 29.4. The zero-order valence-corrected chi connectivity index (χ0v) is 15.7. The molecule has 2 saturated heterocycles. The first-order valence-corrected chi connectivity index (χ1v) is 9.74. The SMILES string of the molecule is CC1CCCCN1C(=O)CN1CCC(C(=O)c2ccc(Cl)cc2)CC1. The summed E-state index contributed by atoms with van der Waals surface area (Å²) in [5, 5.41) is 0.650. The van der Waals surface area contributed by atoms with Gasteiger partial charge in [0, 0.05) is 29.1 Å². The predicted octanol–water partition coefficient (Wildman–Crippen LogP) is 3.64. The van der Waals surface area contributed by atoms with Crippen LogP contribution in [0.4, 0.5) is 0 Å². The largest absolute Gasteiger partial charge is 0.339 e. The van der Waals surface area contributed by atoms with Gasteiger partial charge in [0.1, 0.15) is 0 Å². The second-order valence-corrected chi connectivity index (χ2v) is 7.79. The zero-order chi connectivity index (χ0) is 17.8. The number of Topliss-reactive ketones (excluding diaryl/α,β-unsaturated/α-hetero) is 1. The maximum atomic E-state index is 12.6. The first kappa shape index (κ1) is 18.4. The van der Waals surface area contributed by atoms with Crippen LogP contribution in [0.5, 0.6) is 0 Å². The minimum atomic E-state index is 0.0569. The molecule has 5 heteroatoms. The molecule has 0 radical (unpaired) electrons. The van der Waals surface area contributed by atoms with Gasteiger partial charge in [0.05, 0.1) is 6.54 Å². The molecule has 0 N–H and O–H groups in total. The van der Waals surface area contributed by atoms with E-state index < -0.39 is 0 Å². The smallest absolute Gasteiger partial charge is 0.236 e. The number of carbonyl (C=O) groups excluding carboxylic acids is 2. The lowest BCUT2D eigenvalue weighted by Crippen LogP contribution is -2.48. The number of nitrogens with zero attached hydrogens (tertiary/aromatic N) is 2. The van der Waals surface area contributed by atoms with E-state index in [9.17, 15) is 9.59 Å². The number of carbonyl (C=O) groups is 2. The topological polar surface area (TPSA) is 40.6 Å². The lowest BCUT2D eigenvalue weighted by molar-refractivity contribution is -0.135. The van der Waals surface area contributed by atoms with E-state index in [1.165, 1.54) is 6.42 Å². The van der Waals surface area contributed by atoms with Crippen molar-refractivity contribution in [2.75, 3.05) is 26.2 Å². The fourth-order valence-electron chi connectivity index (χ4n) is 3.95. The molecule has 2 fully saturated rings. The fourth-order valence-corrected chi connectivity index (χ4v) is 4.08. The Morgan fingerprint density at radius 2 is 1.72 bits per heavy atom. The molecule has 2 aliphatic heterocycles. The standard InChI is InChI=1S/C20H27ClN2O2/c1-15-4-2-3-11-23(15)19(24)14-22-12-9-17(10-13-22)20(25)16-5-7-18(21)8-6-16/h5-8,15,17H,2-4,9-14H2,1H3. The van der Waals surface area contributed by atoms with Crippen LogP contribution in [0.1, 0.15) is 49.4 Å². The van der Waals surface area contributed by atoms with Crippen LogP contribution in [0.15, 0.2) is 24.3 Å². The molecule has 1 atom stereocenters. The monoisotopic (exact) mass is 362 g/mol. The molecule has 0 spiro atoms. The van der Waals surface area contributed by atoms with Crippen LogP contribution in [-0.2, 0) is 4.79 Å². The molecule has 1 amide bonds. The Labute approximate surface area is 155 Å². The van der Waals surface area contributed by atoms with E-state index >= 15 is 0 Å². The molecule has 136 valence electrons. The number of piperidine rings is 2. The average molecular weight is 363 g/mol. The summed E-state index contributed by atoms with van der Waals surface area (Å²) >= 11 is 5.89. The van der Waals surface area contributed by atoms with Gasteiger partial charge in [0.25, 0.3) is 0 Å². The van der Waals surface area contributed by atoms with Crippen LogP contribution in [0.25, 0.3) is 0 Å². The summed E-state index contributed by atoms with van der Waals surface area (Å²) in [5.41, 5.74) is 0.737. The molecule has 1 aromatic rings. The maximum absolute atomic E-state index is 12.6. The van der Waals surface area contributed by atoms with E-state index in [1.54, 1.807) is 24.3 Å². The Kier molecular flexibility index (Phi) is 6.13. The molecular weight excluding hydrogens is 336 g/mol. The molecule has 3 rings (SSSR count). The lowest BCUT2D eigenvalue weighted by atomic mass is 9.89. The Morgan fingerprint density at radius 3 is 2.36 bits per heavy atom. The van der Waals surface area contributed by atoms with Crippen LogP contribution < -0.4 is 0 Å². The highest BCUT2D eigenvalue weighted by Gasteiger charge is 2.29. The second kappa shape index (κ2) is 8.33. The Morgan fingerprint density at radius 1 is 1.04 bits per heavy atom. The first-order chi connectivity index (χ1) is 12.0. The Balaban J connectivity index is 1.49. The van der Waals surface area contributed by atoms with Crippen molar-refractivity contribution in [2.45, 2.75) is 45.1 Å². The van der Waals surface area contributed by atoms with Crippen molar-refractivity contribution in [3.63, 3.8) is 0 Å². The number of likely N-dealkylation sites (tertiary alicyclic amines) is 2. The average Bonchev–Trinajstić information content (AvgIpc) is 2.63. The van der Waals surface area contributed by atoms with E-state index in [0.717, 1.165) is 50.9 Å². The van der Waals surface area contributed by atoms with Crippen molar-refractivity contribution in [1.29, 1.82) is 0 Å². The summed E-state index contributed by atoms with van der Waals surface area (Å²) in [6.07, 6.45) is 5.11. The number of halogens is 1. The maximum Gasteiger partial charge on any atom is 0.236 e. The number of benzene rings is 1. The van der Waals surface area contributed by atoms with E-state index in [4.69, 9.17) is 11.6 Å². The van der Waals surface area contributed by atoms with Crippen LogP contribution in [0.3, 0.4) is 0 Å². The third-order valence-electron chi connectivity index (χ3n) is 5.57. The molecule has 1 unspecified atom stereocenters. The zero-order valence-electron chi connectivity index (χ0n) is 14.9. The normalized spacial score (nSPS) is 22.8. The van der Waals surface area contributed by atoms with Crippen molar-refractivity contribution in [2.24, 2.45) is 5.92 Å². The molecule has 0 aromatic heterocycles. The molecule has 2 heterocycles. The quantitative estimate of drug-likeness (QED) is 0.768. The van der Waals surface area contributed by atoms with Crippen molar-refractivity contribution < 1.29 is 9.59 Å². The van der Waals surface area contributed by atoms with Crippen LogP contribution in [0, 0.1) is 5.92 Å². The first-order valence-electron chi connectivity index (χ1n) is 9.36. The highest BCUT2D eigenvalue weighted by atomic mass is 35.5. The van der Waals surface area contributed by atoms with Crippen molar-refractivity contribution in [3.05, 3.63) is 34.9 Å². The summed E-state index contributed by atoms with van der Waals surface area (Å²) in [5.74, 6) is 0.503. The highest BCUT2D eigenvalue weighted by molar-refractivity contribution is 6.30. The Hall–Kier alpha value is -1.39. The van der Waals surface area contributed by atoms with Crippen molar-refractivity contribution in [1.82, 2.24) is 9.80 Å². The summed E-state index contributed by atoms with van der Waals surface area (Å²) in [6.45, 7) is 5.17. The molecular formula is C20H27ClN2O2. The van der Waals surface area contributed by atoms with E-state index in [0.29, 0.717) is 17.6 Å². The van der Waals surface area contributed by atoms with Gasteiger partial charge in [0.15, 0.2) is 5.78 Å². The fraction of sp³-hybridized carbons (Fsp3) is 0.600. The predicted molar refractivity (Wildman–Crippen MR) is 100.0 cm³/mol. The molecule has 4 nitrogen and oxygen atoms in total. The van der Waals surface area contributed by atoms with Gasteiger partial charge in [-0.15, -0.1) is 0 Å². The molecule has 0 aliphatic carbocycles. The number of hydrogen-bond acceptors (Lipinski definition) is 3. The van der Waals surface area contributed by atoms with Gasteiger partial charge in [-0.2, -0.15) is 0 Å². The minimum Gasteiger partial charge on any atom is -0.339 e. The van der Waals surface area contributed by atoms with Crippen LogP contribution >= 0.6 is 11.6 Å². The third-order valence-corrected chi connectivity index (χ3v) is 5.82. The Bertz CT molecular complexity index is 609. The van der Waals surface area contributed by atoms with Crippen LogP contribution in [0.2, 0.25) is 5.02 Å². The van der Waals surface area contributed by atoms with Gasteiger partial charge in [-0.1, -0.05) is 11.6 Å². The summed E-state index contributed by atoms with van der Waals surface area (Å²) in [6, 6.07) is 7.51. The van der Waals surface area contributed by atoms with Crippen molar-refractivity contribution in [3.8, 4) is 0 Å². The number of rotatable bonds is 4. The number of ketones is 1. The summed E-state index contributed by atoms with van der Waals surface area (Å²) in [7, 11) is 0. The number of hydrogen-bond donors (Lipinski definition) is 0. The molecule has 2 aliphatic rings. The summed E-state index contributed by atoms with van der Waals surface area (Å²) < 4.78 is 0. The van der Waals surface area contributed by atoms with Crippen LogP contribution in [-0.4, -0.2) is 53.7 Å². The van der Waals surface area contributed by atoms with Gasteiger partial charge < -0.3 is 4.90 Å². The van der Waals surface area contributed by atoms with E-state index in [2.05, 4.69) is 11.8 Å². The van der Waals surface area contributed by atoms with Gasteiger partial charge in [0.2, 0.25) is 5.91 Å². The number of amides is 1. The van der Waals surface area contributed by atoms with Gasteiger partial charge in [-0.25, -0.2) is 0 Å². The van der Waals surface area contributed by atoms with E-state index in [-0.39, 0.29) is 17.6 Å². The molecule has 0 bridgehead atoms. The van der Waals surface area contributed by atoms with E-state index in [1.807, 2.05) is 4.90 Å². The van der Waals surface area contributed by atoms with Crippen molar-refractivity contribution >= 4 is 23.3 Å². The molecule has 1 aromatic carbocycles.